The van der Waals surface area contributed by atoms with Crippen LogP contribution in [0.5, 0.6) is 0 Å². The minimum Gasteiger partial charge on any atom is -0.462 e. The normalized spacial score (nSPS) is 13.0. The number of rotatable bonds is 52. The van der Waals surface area contributed by atoms with E-state index in [0.717, 1.165) is 38.5 Å². The number of unbranched alkanes of at least 4 members (excludes halogenated alkanes) is 40. The summed E-state index contributed by atoms with van der Waals surface area (Å²) >= 11 is 0. The molecule has 0 aliphatic heterocycles. The van der Waals surface area contributed by atoms with Crippen LogP contribution in [0.4, 0.5) is 0 Å². The van der Waals surface area contributed by atoms with Gasteiger partial charge in [-0.15, -0.1) is 0 Å². The van der Waals surface area contributed by atoms with Crippen molar-refractivity contribution in [3.63, 3.8) is 0 Å². The lowest BCUT2D eigenvalue weighted by Crippen LogP contribution is -2.29. The van der Waals surface area contributed by atoms with Crippen LogP contribution in [0.15, 0.2) is 0 Å². The zero-order valence-corrected chi connectivity index (χ0v) is 42.5. The average Bonchev–Trinajstić information content (AvgIpc) is 3.25. The summed E-state index contributed by atoms with van der Waals surface area (Å²) < 4.78 is 32.9. The van der Waals surface area contributed by atoms with Crippen molar-refractivity contribution in [1.29, 1.82) is 0 Å². The van der Waals surface area contributed by atoms with Crippen molar-refractivity contribution in [3.05, 3.63) is 0 Å². The van der Waals surface area contributed by atoms with Gasteiger partial charge in [0.2, 0.25) is 0 Å². The number of phosphoric ester groups is 1. The van der Waals surface area contributed by atoms with Gasteiger partial charge in [0.15, 0.2) is 6.10 Å². The molecule has 1 N–H and O–H groups in total. The van der Waals surface area contributed by atoms with E-state index in [2.05, 4.69) is 13.8 Å². The van der Waals surface area contributed by atoms with Crippen LogP contribution in [0, 0.1) is 0 Å². The molecule has 0 bridgehead atoms. The largest absolute Gasteiger partial charge is 0.472 e. The van der Waals surface area contributed by atoms with E-state index in [9.17, 15) is 19.0 Å². The van der Waals surface area contributed by atoms with Crippen molar-refractivity contribution in [3.8, 4) is 0 Å². The lowest BCUT2D eigenvalue weighted by molar-refractivity contribution is -0.161. The standard InChI is InChI=1S/C53H105O8P/c1-4-7-9-11-13-15-17-19-21-23-25-26-27-28-29-30-32-34-36-38-40-42-44-46-48-53(55)61-51(50-60-62(56,57)59-6-3)49-58-52(54)47-45-43-41-39-37-35-33-31-24-22-20-18-16-14-12-10-8-5-2/h51H,4-50H2,1-3H3,(H,56,57). The molecule has 0 saturated carbocycles. The van der Waals surface area contributed by atoms with Crippen molar-refractivity contribution in [2.45, 2.75) is 309 Å². The Labute approximate surface area is 385 Å². The Bertz CT molecular complexity index is 977. The monoisotopic (exact) mass is 901 g/mol. The van der Waals surface area contributed by atoms with E-state index in [0.29, 0.717) is 6.42 Å². The fourth-order valence-electron chi connectivity index (χ4n) is 8.40. The second-order valence-electron chi connectivity index (χ2n) is 18.6. The van der Waals surface area contributed by atoms with Gasteiger partial charge in [-0.1, -0.05) is 271 Å². The molecule has 0 radical (unpaired) electrons. The molecule has 0 heterocycles. The number of esters is 2. The summed E-state index contributed by atoms with van der Waals surface area (Å²) in [5, 5.41) is 0. The number of carbonyl (C=O) groups excluding carboxylic acids is 2. The van der Waals surface area contributed by atoms with E-state index in [1.165, 1.54) is 231 Å². The maximum Gasteiger partial charge on any atom is 0.472 e. The van der Waals surface area contributed by atoms with E-state index >= 15 is 0 Å². The molecule has 9 heteroatoms. The van der Waals surface area contributed by atoms with Crippen molar-refractivity contribution in [1.82, 2.24) is 0 Å². The summed E-state index contributed by atoms with van der Waals surface area (Å²) in [7, 11) is -4.28. The predicted octanol–water partition coefficient (Wildman–Crippen LogP) is 17.8. The minimum absolute atomic E-state index is 0.00613. The van der Waals surface area contributed by atoms with Gasteiger partial charge in [0, 0.05) is 12.8 Å². The Hall–Kier alpha value is -0.950. The third kappa shape index (κ3) is 48.5. The molecule has 2 unspecified atom stereocenters. The fraction of sp³-hybridized carbons (Fsp3) is 0.962. The number of hydrogen-bond donors (Lipinski definition) is 1. The molecule has 0 aromatic carbocycles. The van der Waals surface area contributed by atoms with E-state index in [1.54, 1.807) is 6.92 Å². The van der Waals surface area contributed by atoms with Crippen LogP contribution < -0.4 is 0 Å². The first-order valence-electron chi connectivity index (χ1n) is 27.3. The van der Waals surface area contributed by atoms with Gasteiger partial charge in [0.1, 0.15) is 6.61 Å². The highest BCUT2D eigenvalue weighted by molar-refractivity contribution is 7.47. The van der Waals surface area contributed by atoms with Crippen LogP contribution in [-0.4, -0.2) is 42.8 Å². The molecule has 0 fully saturated rings. The van der Waals surface area contributed by atoms with E-state index in [4.69, 9.17) is 18.5 Å². The van der Waals surface area contributed by atoms with Gasteiger partial charge in [-0.3, -0.25) is 18.6 Å². The maximum atomic E-state index is 12.6. The molecule has 0 aromatic rings. The Balaban J connectivity index is 3.87. The SMILES string of the molecule is CCCCCCCCCCCCCCCCCCCCCCCCCCC(=O)OC(COC(=O)CCCCCCCCCCCCCCCCCCCC)COP(=O)(O)OCC. The van der Waals surface area contributed by atoms with Crippen LogP contribution in [0.25, 0.3) is 0 Å². The van der Waals surface area contributed by atoms with Gasteiger partial charge in [-0.25, -0.2) is 4.57 Å². The van der Waals surface area contributed by atoms with Crippen LogP contribution >= 0.6 is 7.82 Å². The number of hydrogen-bond acceptors (Lipinski definition) is 7. The first kappa shape index (κ1) is 61.0. The molecule has 62 heavy (non-hydrogen) atoms. The molecule has 0 spiro atoms. The molecule has 0 aliphatic carbocycles. The molecule has 0 amide bonds. The molecule has 370 valence electrons. The summed E-state index contributed by atoms with van der Waals surface area (Å²) in [5.41, 5.74) is 0. The lowest BCUT2D eigenvalue weighted by atomic mass is 10.0. The highest BCUT2D eigenvalue weighted by Gasteiger charge is 2.25. The summed E-state index contributed by atoms with van der Waals surface area (Å²) in [4.78, 5) is 35.0. The Morgan fingerprint density at radius 3 is 0.903 bits per heavy atom. The first-order valence-corrected chi connectivity index (χ1v) is 28.8. The van der Waals surface area contributed by atoms with Gasteiger partial charge in [-0.05, 0) is 19.8 Å². The Kier molecular flexibility index (Phi) is 48.7. The Morgan fingerprint density at radius 2 is 0.629 bits per heavy atom. The molecule has 0 aromatic heterocycles. The maximum absolute atomic E-state index is 12.6. The van der Waals surface area contributed by atoms with Crippen molar-refractivity contribution >= 4 is 19.8 Å². The predicted molar refractivity (Wildman–Crippen MR) is 263 cm³/mol. The van der Waals surface area contributed by atoms with E-state index in [1.807, 2.05) is 0 Å². The third-order valence-electron chi connectivity index (χ3n) is 12.4. The summed E-state index contributed by atoms with van der Waals surface area (Å²) in [6.45, 7) is 5.56. The van der Waals surface area contributed by atoms with Gasteiger partial charge >= 0.3 is 19.8 Å². The topological polar surface area (TPSA) is 108 Å². The summed E-state index contributed by atoms with van der Waals surface area (Å²) in [6.07, 6.45) is 54.6. The van der Waals surface area contributed by atoms with Gasteiger partial charge in [0.05, 0.1) is 13.2 Å². The smallest absolute Gasteiger partial charge is 0.462 e. The quantitative estimate of drug-likeness (QED) is 0.0365. The second-order valence-corrected chi connectivity index (χ2v) is 20.1. The molecule has 0 saturated heterocycles. The third-order valence-corrected chi connectivity index (χ3v) is 13.5. The van der Waals surface area contributed by atoms with Gasteiger partial charge in [-0.2, -0.15) is 0 Å². The van der Waals surface area contributed by atoms with E-state index in [-0.39, 0.29) is 32.2 Å². The van der Waals surface area contributed by atoms with Crippen molar-refractivity contribution in [2.24, 2.45) is 0 Å². The minimum atomic E-state index is -4.28. The molecule has 0 aliphatic rings. The second kappa shape index (κ2) is 49.5. The zero-order chi connectivity index (χ0) is 45.3. The van der Waals surface area contributed by atoms with Gasteiger partial charge < -0.3 is 14.4 Å². The number of carbonyl (C=O) groups is 2. The molecule has 2 atom stereocenters. The number of ether oxygens (including phenoxy) is 2. The summed E-state index contributed by atoms with van der Waals surface area (Å²) in [6, 6.07) is 0. The fourth-order valence-corrected chi connectivity index (χ4v) is 9.15. The van der Waals surface area contributed by atoms with Gasteiger partial charge in [0.25, 0.3) is 0 Å². The summed E-state index contributed by atoms with van der Waals surface area (Å²) in [5.74, 6) is -0.773. The lowest BCUT2D eigenvalue weighted by Gasteiger charge is -2.19. The average molecular weight is 901 g/mol. The van der Waals surface area contributed by atoms with Crippen molar-refractivity contribution < 1.29 is 37.6 Å². The Morgan fingerprint density at radius 1 is 0.371 bits per heavy atom. The molecule has 0 rings (SSSR count). The number of phosphoric acid groups is 1. The zero-order valence-electron chi connectivity index (χ0n) is 41.6. The van der Waals surface area contributed by atoms with Crippen molar-refractivity contribution in [2.75, 3.05) is 19.8 Å². The van der Waals surface area contributed by atoms with Crippen LogP contribution in [0.1, 0.15) is 303 Å². The molecular formula is C53H105O8P. The molecule has 8 nitrogen and oxygen atoms in total. The highest BCUT2D eigenvalue weighted by atomic mass is 31.2. The molecular weight excluding hydrogens is 796 g/mol. The van der Waals surface area contributed by atoms with Crippen LogP contribution in [0.3, 0.4) is 0 Å². The highest BCUT2D eigenvalue weighted by Crippen LogP contribution is 2.43. The first-order chi connectivity index (χ1) is 30.3. The van der Waals surface area contributed by atoms with E-state index < -0.39 is 19.9 Å². The van der Waals surface area contributed by atoms with Crippen LogP contribution in [-0.2, 0) is 32.7 Å². The van der Waals surface area contributed by atoms with Crippen LogP contribution in [0.2, 0.25) is 0 Å².